The fourth-order valence-electron chi connectivity index (χ4n) is 2.17. The highest BCUT2D eigenvalue weighted by molar-refractivity contribution is 5.99. The molecule has 0 heterocycles. The average molecular weight is 369 g/mol. The Labute approximate surface area is 158 Å². The lowest BCUT2D eigenvalue weighted by atomic mass is 10.2. The van der Waals surface area contributed by atoms with Gasteiger partial charge in [-0.05, 0) is 30.2 Å². The minimum absolute atomic E-state index is 0.0889. The van der Waals surface area contributed by atoms with Crippen molar-refractivity contribution >= 4 is 17.7 Å². The van der Waals surface area contributed by atoms with Gasteiger partial charge in [0.25, 0.3) is 0 Å². The third kappa shape index (κ3) is 7.60. The highest BCUT2D eigenvalue weighted by Gasteiger charge is 2.06. The molecule has 2 amide bonds. The first-order valence-corrected chi connectivity index (χ1v) is 8.46. The summed E-state index contributed by atoms with van der Waals surface area (Å²) in [6.07, 6.45) is -0.596. The highest BCUT2D eigenvalue weighted by atomic mass is 16.6. The van der Waals surface area contributed by atoms with E-state index >= 15 is 0 Å². The van der Waals surface area contributed by atoms with Crippen LogP contribution in [0, 0.1) is 0 Å². The Kier molecular flexibility index (Phi) is 7.84. The van der Waals surface area contributed by atoms with E-state index < -0.39 is 6.09 Å². The van der Waals surface area contributed by atoms with E-state index in [4.69, 9.17) is 9.47 Å². The molecule has 2 aromatic carbocycles. The molecule has 0 saturated carbocycles. The number of carbonyl (C=O) groups excluding carboxylic acids is 2. The van der Waals surface area contributed by atoms with Crippen molar-refractivity contribution < 1.29 is 19.1 Å². The summed E-state index contributed by atoms with van der Waals surface area (Å²) in [5.74, 6) is 0.558. The molecule has 142 valence electrons. The quantitative estimate of drug-likeness (QED) is 0.553. The normalized spacial score (nSPS) is 10.8. The Morgan fingerprint density at radius 1 is 1.00 bits per heavy atom. The van der Waals surface area contributed by atoms with Gasteiger partial charge >= 0.3 is 6.09 Å². The van der Waals surface area contributed by atoms with Gasteiger partial charge in [0.2, 0.25) is 5.91 Å². The number of nitrogens with zero attached hydrogens (tertiary/aromatic N) is 1. The van der Waals surface area contributed by atoms with Crippen molar-refractivity contribution in [2.45, 2.75) is 26.5 Å². The first-order valence-electron chi connectivity index (χ1n) is 8.46. The molecule has 0 aliphatic carbocycles. The van der Waals surface area contributed by atoms with E-state index in [0.29, 0.717) is 12.3 Å². The van der Waals surface area contributed by atoms with Crippen LogP contribution in [-0.4, -0.2) is 24.8 Å². The van der Waals surface area contributed by atoms with Crippen LogP contribution >= 0.6 is 0 Å². The van der Waals surface area contributed by atoms with Gasteiger partial charge in [0, 0.05) is 12.3 Å². The molecule has 0 unspecified atom stereocenters. The first-order chi connectivity index (χ1) is 13.1. The molecule has 7 heteroatoms. The summed E-state index contributed by atoms with van der Waals surface area (Å²) in [6.45, 7) is 2.22. The van der Waals surface area contributed by atoms with Gasteiger partial charge in [-0.3, -0.25) is 4.79 Å². The van der Waals surface area contributed by atoms with E-state index in [1.54, 1.807) is 38.3 Å². The van der Waals surface area contributed by atoms with Gasteiger partial charge in [-0.25, -0.2) is 10.2 Å². The minimum Gasteiger partial charge on any atom is -0.497 e. The lowest BCUT2D eigenvalue weighted by molar-refractivity contribution is -0.120. The Bertz CT molecular complexity index is 774. The lowest BCUT2D eigenvalue weighted by Crippen LogP contribution is -2.26. The van der Waals surface area contributed by atoms with Crippen molar-refractivity contribution in [2.75, 3.05) is 7.11 Å². The van der Waals surface area contributed by atoms with E-state index in [9.17, 15) is 9.59 Å². The van der Waals surface area contributed by atoms with Gasteiger partial charge < -0.3 is 14.8 Å². The van der Waals surface area contributed by atoms with E-state index in [-0.39, 0.29) is 18.9 Å². The maximum atomic E-state index is 11.9. The Hall–Kier alpha value is -3.35. The molecule has 0 radical (unpaired) electrons. The van der Waals surface area contributed by atoms with Crippen LogP contribution in [0.5, 0.6) is 5.75 Å². The summed E-state index contributed by atoms with van der Waals surface area (Å²) in [7, 11) is 1.58. The summed E-state index contributed by atoms with van der Waals surface area (Å²) in [5, 5.41) is 6.67. The number of hydrogen-bond acceptors (Lipinski definition) is 5. The van der Waals surface area contributed by atoms with Crippen molar-refractivity contribution in [1.82, 2.24) is 10.7 Å². The number of methoxy groups -OCH3 is 1. The number of amides is 2. The Morgan fingerprint density at radius 2 is 1.70 bits per heavy atom. The fraction of sp³-hybridized carbons (Fsp3) is 0.250. The summed E-state index contributed by atoms with van der Waals surface area (Å²) in [5.41, 5.74) is 4.59. The van der Waals surface area contributed by atoms with Crippen LogP contribution in [0.2, 0.25) is 0 Å². The molecule has 27 heavy (non-hydrogen) atoms. The monoisotopic (exact) mass is 369 g/mol. The molecular formula is C20H23N3O4. The molecule has 0 fully saturated rings. The first kappa shape index (κ1) is 20.0. The minimum atomic E-state index is -0.685. The predicted octanol–water partition coefficient (Wildman–Crippen LogP) is 3.00. The molecule has 2 N–H and O–H groups in total. The van der Waals surface area contributed by atoms with E-state index in [0.717, 1.165) is 16.9 Å². The SMILES string of the molecule is COc1ccc(COC(=O)N/N=C(/C)CC(=O)NCc2ccccc2)cc1. The summed E-state index contributed by atoms with van der Waals surface area (Å²) >= 11 is 0. The highest BCUT2D eigenvalue weighted by Crippen LogP contribution is 2.11. The third-order valence-corrected chi connectivity index (χ3v) is 3.62. The van der Waals surface area contributed by atoms with Gasteiger partial charge in [0.15, 0.2) is 0 Å². The van der Waals surface area contributed by atoms with Crippen molar-refractivity contribution in [2.24, 2.45) is 5.10 Å². The van der Waals surface area contributed by atoms with Crippen LogP contribution in [0.15, 0.2) is 59.7 Å². The number of rotatable bonds is 8. The van der Waals surface area contributed by atoms with E-state index in [1.807, 2.05) is 30.3 Å². The van der Waals surface area contributed by atoms with Crippen LogP contribution in [0.1, 0.15) is 24.5 Å². The van der Waals surface area contributed by atoms with Crippen LogP contribution < -0.4 is 15.5 Å². The average Bonchev–Trinajstić information content (AvgIpc) is 2.70. The molecule has 0 spiro atoms. The molecule has 2 aromatic rings. The van der Waals surface area contributed by atoms with Gasteiger partial charge in [-0.15, -0.1) is 0 Å². The maximum absolute atomic E-state index is 11.9. The van der Waals surface area contributed by atoms with Crippen molar-refractivity contribution in [3.8, 4) is 5.75 Å². The number of nitrogens with one attached hydrogen (secondary N) is 2. The lowest BCUT2D eigenvalue weighted by Gasteiger charge is -2.07. The predicted molar refractivity (Wildman–Crippen MR) is 102 cm³/mol. The van der Waals surface area contributed by atoms with Crippen molar-refractivity contribution in [3.63, 3.8) is 0 Å². The van der Waals surface area contributed by atoms with Crippen LogP contribution in [0.25, 0.3) is 0 Å². The smallest absolute Gasteiger partial charge is 0.428 e. The molecule has 0 bridgehead atoms. The number of hydrazone groups is 1. The summed E-state index contributed by atoms with van der Waals surface area (Å²) in [6, 6.07) is 16.8. The van der Waals surface area contributed by atoms with E-state index in [2.05, 4.69) is 15.8 Å². The molecule has 0 aliphatic heterocycles. The zero-order chi connectivity index (χ0) is 19.5. The zero-order valence-electron chi connectivity index (χ0n) is 15.4. The van der Waals surface area contributed by atoms with Crippen molar-refractivity contribution in [3.05, 3.63) is 65.7 Å². The maximum Gasteiger partial charge on any atom is 0.428 e. The van der Waals surface area contributed by atoms with Crippen LogP contribution in [-0.2, 0) is 22.7 Å². The van der Waals surface area contributed by atoms with Gasteiger partial charge in [0.05, 0.1) is 13.5 Å². The molecule has 0 saturated heterocycles. The van der Waals surface area contributed by atoms with Gasteiger partial charge in [-0.2, -0.15) is 5.10 Å². The molecule has 2 rings (SSSR count). The Balaban J connectivity index is 1.68. The van der Waals surface area contributed by atoms with E-state index in [1.165, 1.54) is 0 Å². The number of benzene rings is 2. The zero-order valence-corrected chi connectivity index (χ0v) is 15.4. The summed E-state index contributed by atoms with van der Waals surface area (Å²) < 4.78 is 10.1. The third-order valence-electron chi connectivity index (χ3n) is 3.62. The molecule has 0 aliphatic rings. The summed E-state index contributed by atoms with van der Waals surface area (Å²) in [4.78, 5) is 23.6. The second kappa shape index (κ2) is 10.6. The molecular weight excluding hydrogens is 346 g/mol. The molecule has 0 atom stereocenters. The van der Waals surface area contributed by atoms with Gasteiger partial charge in [-0.1, -0.05) is 42.5 Å². The van der Waals surface area contributed by atoms with Crippen LogP contribution in [0.3, 0.4) is 0 Å². The number of ether oxygens (including phenoxy) is 2. The standard InChI is InChI=1S/C20H23N3O4/c1-15(12-19(24)21-13-16-6-4-3-5-7-16)22-23-20(25)27-14-17-8-10-18(26-2)11-9-17/h3-11H,12-14H2,1-2H3,(H,21,24)(H,23,25)/b22-15-. The molecule has 0 aromatic heterocycles. The second-order valence-corrected chi connectivity index (χ2v) is 5.82. The fourth-order valence-corrected chi connectivity index (χ4v) is 2.17. The topological polar surface area (TPSA) is 89.0 Å². The number of carbonyl (C=O) groups is 2. The number of hydrogen-bond donors (Lipinski definition) is 2. The van der Waals surface area contributed by atoms with Crippen LogP contribution in [0.4, 0.5) is 4.79 Å². The van der Waals surface area contributed by atoms with Gasteiger partial charge in [0.1, 0.15) is 12.4 Å². The molecule has 7 nitrogen and oxygen atoms in total. The second-order valence-electron chi connectivity index (χ2n) is 5.82. The van der Waals surface area contributed by atoms with Crippen molar-refractivity contribution in [1.29, 1.82) is 0 Å². The Morgan fingerprint density at radius 3 is 2.37 bits per heavy atom. The largest absolute Gasteiger partial charge is 0.497 e.